The largest absolute Gasteiger partial charge is 0.299 e. The SMILES string of the molecule is CCCCCCCCCCCCCCN(CC)Cc1ccccc1. The second-order valence-electron chi connectivity index (χ2n) is 7.24. The van der Waals surface area contributed by atoms with Gasteiger partial charge >= 0.3 is 0 Å². The van der Waals surface area contributed by atoms with Crippen LogP contribution in [0.15, 0.2) is 30.3 Å². The monoisotopic (exact) mass is 331 g/mol. The van der Waals surface area contributed by atoms with Gasteiger partial charge in [-0.1, -0.05) is 115 Å². The van der Waals surface area contributed by atoms with Crippen LogP contribution >= 0.6 is 0 Å². The van der Waals surface area contributed by atoms with Crippen LogP contribution in [0.5, 0.6) is 0 Å². The van der Waals surface area contributed by atoms with Gasteiger partial charge in [0, 0.05) is 6.54 Å². The van der Waals surface area contributed by atoms with E-state index in [2.05, 4.69) is 49.1 Å². The molecule has 1 rings (SSSR count). The number of hydrogen-bond acceptors (Lipinski definition) is 1. The molecule has 0 aliphatic rings. The molecular formula is C23H41N. The third-order valence-electron chi connectivity index (χ3n) is 5.02. The summed E-state index contributed by atoms with van der Waals surface area (Å²) < 4.78 is 0. The van der Waals surface area contributed by atoms with Gasteiger partial charge in [-0.25, -0.2) is 0 Å². The molecule has 0 aliphatic heterocycles. The summed E-state index contributed by atoms with van der Waals surface area (Å²) in [7, 11) is 0. The number of nitrogens with zero attached hydrogens (tertiary/aromatic N) is 1. The minimum absolute atomic E-state index is 1.11. The van der Waals surface area contributed by atoms with E-state index in [9.17, 15) is 0 Å². The maximum Gasteiger partial charge on any atom is 0.0233 e. The van der Waals surface area contributed by atoms with Crippen molar-refractivity contribution in [3.05, 3.63) is 35.9 Å². The van der Waals surface area contributed by atoms with Crippen molar-refractivity contribution < 1.29 is 0 Å². The lowest BCUT2D eigenvalue weighted by Gasteiger charge is -2.20. The van der Waals surface area contributed by atoms with Crippen molar-refractivity contribution in [2.75, 3.05) is 13.1 Å². The van der Waals surface area contributed by atoms with E-state index in [1.165, 1.54) is 89.2 Å². The molecule has 0 N–H and O–H groups in total. The van der Waals surface area contributed by atoms with E-state index in [1.54, 1.807) is 0 Å². The Morgan fingerprint density at radius 2 is 1.12 bits per heavy atom. The molecule has 0 amide bonds. The lowest BCUT2D eigenvalue weighted by Crippen LogP contribution is -2.23. The van der Waals surface area contributed by atoms with Crippen LogP contribution < -0.4 is 0 Å². The minimum atomic E-state index is 1.11. The summed E-state index contributed by atoms with van der Waals surface area (Å²) in [5.74, 6) is 0. The highest BCUT2D eigenvalue weighted by Gasteiger charge is 2.03. The van der Waals surface area contributed by atoms with Crippen molar-refractivity contribution in [1.29, 1.82) is 0 Å². The Morgan fingerprint density at radius 3 is 1.62 bits per heavy atom. The molecule has 0 aliphatic carbocycles. The quantitative estimate of drug-likeness (QED) is 0.289. The second-order valence-corrected chi connectivity index (χ2v) is 7.24. The smallest absolute Gasteiger partial charge is 0.0233 e. The van der Waals surface area contributed by atoms with Gasteiger partial charge in [0.1, 0.15) is 0 Å². The maximum atomic E-state index is 2.58. The third kappa shape index (κ3) is 11.7. The molecule has 0 bridgehead atoms. The Kier molecular flexibility index (Phi) is 13.9. The predicted molar refractivity (Wildman–Crippen MR) is 108 cm³/mol. The highest BCUT2D eigenvalue weighted by atomic mass is 15.1. The van der Waals surface area contributed by atoms with E-state index in [4.69, 9.17) is 0 Å². The zero-order valence-electron chi connectivity index (χ0n) is 16.4. The first-order valence-corrected chi connectivity index (χ1v) is 10.6. The number of hydrogen-bond donors (Lipinski definition) is 0. The van der Waals surface area contributed by atoms with E-state index in [0.717, 1.165) is 13.1 Å². The molecular weight excluding hydrogens is 290 g/mol. The molecule has 0 saturated heterocycles. The van der Waals surface area contributed by atoms with Crippen LogP contribution in [0.25, 0.3) is 0 Å². The van der Waals surface area contributed by atoms with E-state index >= 15 is 0 Å². The Labute approximate surface area is 151 Å². The lowest BCUT2D eigenvalue weighted by molar-refractivity contribution is 0.272. The van der Waals surface area contributed by atoms with Gasteiger partial charge in [-0.05, 0) is 25.1 Å². The maximum absolute atomic E-state index is 2.58. The molecule has 1 aromatic rings. The van der Waals surface area contributed by atoms with Gasteiger partial charge < -0.3 is 0 Å². The summed E-state index contributed by atoms with van der Waals surface area (Å²) in [4.78, 5) is 2.58. The van der Waals surface area contributed by atoms with Crippen molar-refractivity contribution in [2.45, 2.75) is 97.4 Å². The van der Waals surface area contributed by atoms with Crippen LogP contribution in [-0.4, -0.2) is 18.0 Å². The van der Waals surface area contributed by atoms with Gasteiger partial charge in [0.2, 0.25) is 0 Å². The number of unbranched alkanes of at least 4 members (excludes halogenated alkanes) is 11. The van der Waals surface area contributed by atoms with E-state index < -0.39 is 0 Å². The molecule has 138 valence electrons. The summed E-state index contributed by atoms with van der Waals surface area (Å²) in [5, 5.41) is 0. The highest BCUT2D eigenvalue weighted by Crippen LogP contribution is 2.12. The average Bonchev–Trinajstić information content (AvgIpc) is 2.62. The average molecular weight is 332 g/mol. The van der Waals surface area contributed by atoms with Crippen LogP contribution in [0.4, 0.5) is 0 Å². The zero-order chi connectivity index (χ0) is 17.3. The first-order valence-electron chi connectivity index (χ1n) is 10.6. The van der Waals surface area contributed by atoms with Gasteiger partial charge in [0.25, 0.3) is 0 Å². The summed E-state index contributed by atoms with van der Waals surface area (Å²) in [6, 6.07) is 10.9. The molecule has 0 fully saturated rings. The summed E-state index contributed by atoms with van der Waals surface area (Å²) in [5.41, 5.74) is 1.44. The highest BCUT2D eigenvalue weighted by molar-refractivity contribution is 5.14. The van der Waals surface area contributed by atoms with Crippen molar-refractivity contribution in [3.63, 3.8) is 0 Å². The first kappa shape index (κ1) is 21.2. The normalized spacial score (nSPS) is 11.3. The van der Waals surface area contributed by atoms with Crippen LogP contribution in [0.2, 0.25) is 0 Å². The van der Waals surface area contributed by atoms with Crippen LogP contribution in [0.3, 0.4) is 0 Å². The van der Waals surface area contributed by atoms with Crippen LogP contribution in [0.1, 0.15) is 96.5 Å². The van der Waals surface area contributed by atoms with Gasteiger partial charge in [-0.15, -0.1) is 0 Å². The molecule has 24 heavy (non-hydrogen) atoms. The van der Waals surface area contributed by atoms with Crippen molar-refractivity contribution in [1.82, 2.24) is 4.90 Å². The summed E-state index contributed by atoms with van der Waals surface area (Å²) in [6.45, 7) is 8.09. The van der Waals surface area contributed by atoms with Crippen LogP contribution in [0, 0.1) is 0 Å². The van der Waals surface area contributed by atoms with Gasteiger partial charge in [0.15, 0.2) is 0 Å². The van der Waals surface area contributed by atoms with Gasteiger partial charge in [-0.3, -0.25) is 4.90 Å². The Balaban J connectivity index is 1.90. The number of rotatable bonds is 16. The molecule has 0 spiro atoms. The molecule has 0 aromatic heterocycles. The van der Waals surface area contributed by atoms with E-state index in [1.807, 2.05) is 0 Å². The first-order chi connectivity index (χ1) is 11.9. The van der Waals surface area contributed by atoms with Crippen molar-refractivity contribution in [2.24, 2.45) is 0 Å². The fraction of sp³-hybridized carbons (Fsp3) is 0.739. The third-order valence-corrected chi connectivity index (χ3v) is 5.02. The predicted octanol–water partition coefficient (Wildman–Crippen LogP) is 7.21. The van der Waals surface area contributed by atoms with Gasteiger partial charge in [-0.2, -0.15) is 0 Å². The van der Waals surface area contributed by atoms with E-state index in [0.29, 0.717) is 0 Å². The fourth-order valence-electron chi connectivity index (χ4n) is 3.37. The standard InChI is InChI=1S/C23H41N/c1-3-5-6-7-8-9-10-11-12-13-14-18-21-24(4-2)22-23-19-16-15-17-20-23/h15-17,19-20H,3-14,18,21-22H2,1-2H3. The van der Waals surface area contributed by atoms with Crippen molar-refractivity contribution >= 4 is 0 Å². The molecule has 0 unspecified atom stereocenters. The lowest BCUT2D eigenvalue weighted by atomic mass is 10.1. The molecule has 0 radical (unpaired) electrons. The molecule has 0 atom stereocenters. The summed E-state index contributed by atoms with van der Waals surface area (Å²) >= 11 is 0. The van der Waals surface area contributed by atoms with Crippen molar-refractivity contribution in [3.8, 4) is 0 Å². The second kappa shape index (κ2) is 15.7. The summed E-state index contributed by atoms with van der Waals surface area (Å²) in [6.07, 6.45) is 17.2. The molecule has 1 aromatic carbocycles. The molecule has 0 heterocycles. The Bertz CT molecular complexity index is 360. The van der Waals surface area contributed by atoms with Gasteiger partial charge in [0.05, 0.1) is 0 Å². The number of benzene rings is 1. The molecule has 1 heteroatoms. The zero-order valence-corrected chi connectivity index (χ0v) is 16.4. The molecule has 1 nitrogen and oxygen atoms in total. The molecule has 0 saturated carbocycles. The Morgan fingerprint density at radius 1 is 0.625 bits per heavy atom. The van der Waals surface area contributed by atoms with E-state index in [-0.39, 0.29) is 0 Å². The van der Waals surface area contributed by atoms with Crippen LogP contribution in [-0.2, 0) is 6.54 Å². The fourth-order valence-corrected chi connectivity index (χ4v) is 3.37. The topological polar surface area (TPSA) is 3.24 Å². The Hall–Kier alpha value is -0.820. The minimum Gasteiger partial charge on any atom is -0.299 e.